The lowest BCUT2D eigenvalue weighted by molar-refractivity contribution is 0.0526. The van der Waals surface area contributed by atoms with Gasteiger partial charge in [-0.2, -0.15) is 0 Å². The van der Waals surface area contributed by atoms with Crippen LogP contribution in [0.4, 0.5) is 22.0 Å². The first kappa shape index (κ1) is 23.7. The van der Waals surface area contributed by atoms with Gasteiger partial charge in [0.05, 0.1) is 29.7 Å². The van der Waals surface area contributed by atoms with Crippen molar-refractivity contribution in [2.75, 3.05) is 6.61 Å². The van der Waals surface area contributed by atoms with Crippen molar-refractivity contribution in [3.63, 3.8) is 0 Å². The Morgan fingerprint density at radius 1 is 0.941 bits per heavy atom. The van der Waals surface area contributed by atoms with Gasteiger partial charge >= 0.3 is 5.97 Å². The third-order valence-electron chi connectivity index (χ3n) is 5.05. The molecule has 10 heteroatoms. The van der Waals surface area contributed by atoms with Crippen molar-refractivity contribution < 1.29 is 31.5 Å². The molecule has 4 nitrogen and oxygen atoms in total. The molecule has 0 spiro atoms. The fourth-order valence-corrected chi connectivity index (χ4v) is 4.40. The van der Waals surface area contributed by atoms with Crippen LogP contribution in [0, 0.1) is 29.1 Å². The Morgan fingerprint density at radius 2 is 1.59 bits per heavy atom. The number of rotatable bonds is 7. The van der Waals surface area contributed by atoms with Crippen LogP contribution in [0.3, 0.4) is 0 Å². The Hall–Kier alpha value is -3.40. The smallest absolute Gasteiger partial charge is 0.338 e. The number of benzene rings is 3. The standard InChI is InChI=1S/C24H17F5N2O2S/c1-2-33-23(32)14-8-9-17-16(10-14)30-24(31(17)11-13-6-4-3-5-7-13)34-12-15-18(25)20(27)22(29)21(28)19(15)26/h3-10H,2,11-12H2,1H3. The quantitative estimate of drug-likeness (QED) is 0.101. The van der Waals surface area contributed by atoms with E-state index in [9.17, 15) is 26.7 Å². The molecule has 0 unspecified atom stereocenters. The Balaban J connectivity index is 1.75. The minimum atomic E-state index is -2.20. The lowest BCUT2D eigenvalue weighted by atomic mass is 10.2. The lowest BCUT2D eigenvalue weighted by Crippen LogP contribution is -2.07. The predicted octanol–water partition coefficient (Wildman–Crippen LogP) is 6.25. The summed E-state index contributed by atoms with van der Waals surface area (Å²) in [6, 6.07) is 14.0. The molecule has 0 bridgehead atoms. The maximum atomic E-state index is 14.2. The van der Waals surface area contributed by atoms with E-state index >= 15 is 0 Å². The topological polar surface area (TPSA) is 44.1 Å². The number of fused-ring (bicyclic) bond motifs is 1. The number of carbonyl (C=O) groups is 1. The third kappa shape index (κ3) is 4.50. The van der Waals surface area contributed by atoms with Gasteiger partial charge in [0, 0.05) is 11.3 Å². The van der Waals surface area contributed by atoms with E-state index in [4.69, 9.17) is 4.74 Å². The van der Waals surface area contributed by atoms with E-state index in [1.165, 1.54) is 6.07 Å². The lowest BCUT2D eigenvalue weighted by Gasteiger charge is -2.11. The fourth-order valence-electron chi connectivity index (χ4n) is 3.39. The average Bonchev–Trinajstić information content (AvgIpc) is 3.18. The zero-order valence-electron chi connectivity index (χ0n) is 17.7. The van der Waals surface area contributed by atoms with E-state index in [1.54, 1.807) is 23.6 Å². The highest BCUT2D eigenvalue weighted by molar-refractivity contribution is 7.98. The molecule has 0 radical (unpaired) electrons. The van der Waals surface area contributed by atoms with Gasteiger partial charge in [-0.15, -0.1) is 0 Å². The number of hydrogen-bond donors (Lipinski definition) is 0. The van der Waals surface area contributed by atoms with E-state index in [1.807, 2.05) is 30.3 Å². The van der Waals surface area contributed by atoms with Crippen LogP contribution in [-0.4, -0.2) is 22.1 Å². The minimum Gasteiger partial charge on any atom is -0.462 e. The van der Waals surface area contributed by atoms with E-state index in [2.05, 4.69) is 4.98 Å². The average molecular weight is 492 g/mol. The molecule has 1 aromatic heterocycles. The largest absolute Gasteiger partial charge is 0.462 e. The number of thioether (sulfide) groups is 1. The first-order valence-corrected chi connectivity index (χ1v) is 11.1. The molecule has 0 N–H and O–H groups in total. The van der Waals surface area contributed by atoms with Crippen LogP contribution in [0.15, 0.2) is 53.7 Å². The van der Waals surface area contributed by atoms with Gasteiger partial charge in [0.15, 0.2) is 28.4 Å². The molecule has 0 aliphatic rings. The van der Waals surface area contributed by atoms with E-state index in [0.717, 1.165) is 17.3 Å². The number of nitrogens with zero attached hydrogens (tertiary/aromatic N) is 2. The zero-order chi connectivity index (χ0) is 24.4. The molecular formula is C24H17F5N2O2S. The zero-order valence-corrected chi connectivity index (χ0v) is 18.6. The van der Waals surface area contributed by atoms with Gasteiger partial charge < -0.3 is 9.30 Å². The molecule has 4 rings (SSSR count). The van der Waals surface area contributed by atoms with E-state index in [0.29, 0.717) is 17.6 Å². The Kier molecular flexibility index (Phi) is 6.87. The number of hydrogen-bond acceptors (Lipinski definition) is 4. The number of ether oxygens (including phenoxy) is 1. The fraction of sp³-hybridized carbons (Fsp3) is 0.167. The number of carbonyl (C=O) groups excluding carboxylic acids is 1. The van der Waals surface area contributed by atoms with Crippen molar-refractivity contribution in [3.05, 3.63) is 94.3 Å². The summed E-state index contributed by atoms with van der Waals surface area (Å²) in [4.78, 5) is 16.6. The van der Waals surface area contributed by atoms with Crippen molar-refractivity contribution in [3.8, 4) is 0 Å². The SMILES string of the molecule is CCOC(=O)c1ccc2c(c1)nc(SCc1c(F)c(F)c(F)c(F)c1F)n2Cc1ccccc1. The highest BCUT2D eigenvalue weighted by Gasteiger charge is 2.26. The monoisotopic (exact) mass is 492 g/mol. The second-order valence-corrected chi connectivity index (χ2v) is 8.17. The van der Waals surface area contributed by atoms with Gasteiger partial charge in [0.1, 0.15) is 0 Å². The highest BCUT2D eigenvalue weighted by Crippen LogP contribution is 2.32. The minimum absolute atomic E-state index is 0.197. The van der Waals surface area contributed by atoms with Gasteiger partial charge in [0.2, 0.25) is 5.82 Å². The van der Waals surface area contributed by atoms with Crippen LogP contribution >= 0.6 is 11.8 Å². The summed E-state index contributed by atoms with van der Waals surface area (Å²) in [7, 11) is 0. The second kappa shape index (κ2) is 9.84. The molecular weight excluding hydrogens is 475 g/mol. The number of halogens is 5. The van der Waals surface area contributed by atoms with Crippen LogP contribution in [0.5, 0.6) is 0 Å². The summed E-state index contributed by atoms with van der Waals surface area (Å²) in [5.41, 5.74) is 1.27. The third-order valence-corrected chi connectivity index (χ3v) is 6.06. The van der Waals surface area contributed by atoms with Gasteiger partial charge in [-0.05, 0) is 30.7 Å². The first-order valence-electron chi connectivity index (χ1n) is 10.2. The predicted molar refractivity (Wildman–Crippen MR) is 117 cm³/mol. The van der Waals surface area contributed by atoms with Gasteiger partial charge in [-0.25, -0.2) is 31.7 Å². The summed E-state index contributed by atoms with van der Waals surface area (Å²) >= 11 is 0.821. The van der Waals surface area contributed by atoms with E-state index < -0.39 is 46.4 Å². The van der Waals surface area contributed by atoms with Crippen molar-refractivity contribution >= 4 is 28.8 Å². The first-order chi connectivity index (χ1) is 16.3. The van der Waals surface area contributed by atoms with Crippen molar-refractivity contribution in [1.82, 2.24) is 9.55 Å². The molecule has 0 saturated carbocycles. The molecule has 0 saturated heterocycles. The van der Waals surface area contributed by atoms with Crippen LogP contribution < -0.4 is 0 Å². The number of aromatic nitrogens is 2. The van der Waals surface area contributed by atoms with Crippen LogP contribution in [0.2, 0.25) is 0 Å². The summed E-state index contributed by atoms with van der Waals surface area (Å²) < 4.78 is 75.7. The van der Waals surface area contributed by atoms with Crippen molar-refractivity contribution in [2.45, 2.75) is 24.4 Å². The van der Waals surface area contributed by atoms with Gasteiger partial charge in [-0.1, -0.05) is 42.1 Å². The normalized spacial score (nSPS) is 11.2. The number of imidazole rings is 1. The molecule has 0 fully saturated rings. The Bertz CT molecular complexity index is 1350. The highest BCUT2D eigenvalue weighted by atomic mass is 32.2. The summed E-state index contributed by atoms with van der Waals surface area (Å²) in [5, 5.41) is 0.281. The Morgan fingerprint density at radius 3 is 2.24 bits per heavy atom. The Labute approximate surface area is 195 Å². The molecule has 0 amide bonds. The van der Waals surface area contributed by atoms with Gasteiger partial charge in [0.25, 0.3) is 0 Å². The summed E-state index contributed by atoms with van der Waals surface area (Å²) in [5.74, 6) is -11.0. The molecule has 0 aliphatic heterocycles. The van der Waals surface area contributed by atoms with Crippen LogP contribution in [0.25, 0.3) is 11.0 Å². The molecule has 0 atom stereocenters. The molecule has 4 aromatic rings. The van der Waals surface area contributed by atoms with Crippen LogP contribution in [-0.2, 0) is 17.0 Å². The molecule has 34 heavy (non-hydrogen) atoms. The molecule has 176 valence electrons. The van der Waals surface area contributed by atoms with E-state index in [-0.39, 0.29) is 17.3 Å². The van der Waals surface area contributed by atoms with Gasteiger partial charge in [-0.3, -0.25) is 0 Å². The maximum Gasteiger partial charge on any atom is 0.338 e. The summed E-state index contributed by atoms with van der Waals surface area (Å²) in [6.45, 7) is 2.21. The molecule has 1 heterocycles. The maximum absolute atomic E-state index is 14.2. The van der Waals surface area contributed by atoms with Crippen molar-refractivity contribution in [2.24, 2.45) is 0 Å². The molecule has 0 aliphatic carbocycles. The van der Waals surface area contributed by atoms with Crippen LogP contribution in [0.1, 0.15) is 28.4 Å². The number of esters is 1. The summed E-state index contributed by atoms with van der Waals surface area (Å²) in [6.07, 6.45) is 0. The molecule has 3 aromatic carbocycles. The van der Waals surface area contributed by atoms with Crippen molar-refractivity contribution in [1.29, 1.82) is 0 Å². The second-order valence-electron chi connectivity index (χ2n) is 7.23.